The minimum atomic E-state index is -1.27. The van der Waals surface area contributed by atoms with Crippen molar-refractivity contribution in [1.29, 1.82) is 0 Å². The topological polar surface area (TPSA) is 68.2 Å². The first-order chi connectivity index (χ1) is 19.3. The van der Waals surface area contributed by atoms with E-state index in [4.69, 9.17) is 16.6 Å². The maximum absolute atomic E-state index is 14.0. The number of benzene rings is 4. The largest absolute Gasteiger partial charge is 0.377 e. The molecule has 1 heterocycles. The standard InChI is InChI=1S/C31H28ClN5O2S/c1-4-18-36-27-16-14-21(32)19-24(27)28(20-10-6-5-7-11-20)34-29(30(36)38)37(40)31(39)33-25-15-17-26(35(2)3)23-13-9-8-12-22(23)25/h4-17,19,29,40H,1,18H2,2-3H3,(H,33,39). The second-order valence-electron chi connectivity index (χ2n) is 9.46. The molecule has 40 heavy (non-hydrogen) atoms. The van der Waals surface area contributed by atoms with Crippen LogP contribution in [0, 0.1) is 0 Å². The molecule has 1 unspecified atom stereocenters. The van der Waals surface area contributed by atoms with Gasteiger partial charge < -0.3 is 15.1 Å². The molecule has 1 aliphatic rings. The highest BCUT2D eigenvalue weighted by Crippen LogP contribution is 2.34. The van der Waals surface area contributed by atoms with E-state index in [1.54, 1.807) is 29.2 Å². The SMILES string of the molecule is C=CCN1C(=O)C(N(S)C(=O)Nc2ccc(N(C)C)c3ccccc23)N=C(c2ccccc2)c2cc(Cl)ccc21. The third-order valence-corrected chi connectivity index (χ3v) is 7.30. The number of nitrogens with one attached hydrogen (secondary N) is 1. The summed E-state index contributed by atoms with van der Waals surface area (Å²) in [6.45, 7) is 4.03. The van der Waals surface area contributed by atoms with Gasteiger partial charge in [0.1, 0.15) is 0 Å². The van der Waals surface area contributed by atoms with Gasteiger partial charge in [-0.3, -0.25) is 4.79 Å². The minimum Gasteiger partial charge on any atom is -0.377 e. The van der Waals surface area contributed by atoms with Crippen molar-refractivity contribution in [2.75, 3.05) is 35.8 Å². The molecule has 9 heteroatoms. The number of fused-ring (bicyclic) bond motifs is 2. The molecule has 0 aliphatic carbocycles. The molecule has 7 nitrogen and oxygen atoms in total. The number of rotatable bonds is 6. The molecular weight excluding hydrogens is 542 g/mol. The third kappa shape index (κ3) is 5.15. The van der Waals surface area contributed by atoms with Crippen LogP contribution in [-0.2, 0) is 4.79 Å². The Morgan fingerprint density at radius 3 is 2.45 bits per heavy atom. The Labute approximate surface area is 243 Å². The number of halogens is 1. The van der Waals surface area contributed by atoms with Gasteiger partial charge in [-0.2, -0.15) is 0 Å². The third-order valence-electron chi connectivity index (χ3n) is 6.67. The molecule has 202 valence electrons. The molecule has 0 radical (unpaired) electrons. The van der Waals surface area contributed by atoms with Crippen LogP contribution >= 0.6 is 24.4 Å². The number of hydrogen-bond donors (Lipinski definition) is 2. The van der Waals surface area contributed by atoms with E-state index in [1.165, 1.54) is 0 Å². The Kier molecular flexibility index (Phi) is 7.82. The first kappa shape index (κ1) is 27.3. The Hall–Kier alpha value is -4.27. The monoisotopic (exact) mass is 569 g/mol. The van der Waals surface area contributed by atoms with Crippen molar-refractivity contribution in [2.45, 2.75) is 6.17 Å². The molecule has 4 aromatic rings. The quantitative estimate of drug-likeness (QED) is 0.202. The summed E-state index contributed by atoms with van der Waals surface area (Å²) >= 11 is 10.9. The highest BCUT2D eigenvalue weighted by molar-refractivity contribution is 7.78. The van der Waals surface area contributed by atoms with Crippen LogP contribution in [0.5, 0.6) is 0 Å². The van der Waals surface area contributed by atoms with E-state index >= 15 is 0 Å². The van der Waals surface area contributed by atoms with Gasteiger partial charge in [0.2, 0.25) is 6.17 Å². The van der Waals surface area contributed by atoms with Gasteiger partial charge in [-0.1, -0.05) is 85.1 Å². The molecular formula is C31H28ClN5O2S. The summed E-state index contributed by atoms with van der Waals surface area (Å²) in [6.07, 6.45) is 0.361. The molecule has 1 atom stereocenters. The van der Waals surface area contributed by atoms with E-state index in [2.05, 4.69) is 24.7 Å². The van der Waals surface area contributed by atoms with Crippen LogP contribution in [-0.4, -0.2) is 48.8 Å². The molecule has 5 rings (SSSR count). The predicted octanol–water partition coefficient (Wildman–Crippen LogP) is 6.63. The lowest BCUT2D eigenvalue weighted by Crippen LogP contribution is -2.47. The zero-order chi connectivity index (χ0) is 28.4. The molecule has 1 aliphatic heterocycles. The fraction of sp³-hybridized carbons (Fsp3) is 0.129. The summed E-state index contributed by atoms with van der Waals surface area (Å²) in [5.74, 6) is -0.424. The summed E-state index contributed by atoms with van der Waals surface area (Å²) in [5, 5.41) is 5.27. The molecule has 3 amide bonds. The van der Waals surface area contributed by atoms with E-state index in [-0.39, 0.29) is 6.54 Å². The molecule has 1 N–H and O–H groups in total. The average molecular weight is 570 g/mol. The van der Waals surface area contributed by atoms with Crippen molar-refractivity contribution in [3.05, 3.63) is 114 Å². The maximum atomic E-state index is 14.0. The summed E-state index contributed by atoms with van der Waals surface area (Å²) in [4.78, 5) is 35.9. The second kappa shape index (κ2) is 11.5. The number of hydrogen-bond acceptors (Lipinski definition) is 5. The predicted molar refractivity (Wildman–Crippen MR) is 168 cm³/mol. The van der Waals surface area contributed by atoms with Crippen molar-refractivity contribution < 1.29 is 9.59 Å². The molecule has 0 fully saturated rings. The van der Waals surface area contributed by atoms with E-state index < -0.39 is 18.1 Å². The van der Waals surface area contributed by atoms with Crippen LogP contribution in [0.3, 0.4) is 0 Å². The first-order valence-corrected chi connectivity index (χ1v) is 13.4. The van der Waals surface area contributed by atoms with Crippen LogP contribution in [0.25, 0.3) is 10.8 Å². The van der Waals surface area contributed by atoms with Crippen molar-refractivity contribution in [2.24, 2.45) is 4.99 Å². The van der Waals surface area contributed by atoms with E-state index in [0.717, 1.165) is 26.3 Å². The second-order valence-corrected chi connectivity index (χ2v) is 10.3. The molecule has 0 aromatic heterocycles. The Balaban J connectivity index is 1.57. The number of amides is 3. The van der Waals surface area contributed by atoms with Gasteiger partial charge in [0.25, 0.3) is 5.91 Å². The van der Waals surface area contributed by atoms with Crippen molar-refractivity contribution in [3.63, 3.8) is 0 Å². The number of urea groups is 1. The zero-order valence-electron chi connectivity index (χ0n) is 22.1. The van der Waals surface area contributed by atoms with E-state index in [0.29, 0.717) is 27.7 Å². The van der Waals surface area contributed by atoms with Gasteiger partial charge in [-0.25, -0.2) is 14.1 Å². The normalized spacial score (nSPS) is 14.7. The number of anilines is 3. The number of benzodiazepines with no additional fused rings is 1. The lowest BCUT2D eigenvalue weighted by Gasteiger charge is -2.28. The molecule has 0 bridgehead atoms. The summed E-state index contributed by atoms with van der Waals surface area (Å²) in [7, 11) is 3.94. The molecule has 0 saturated carbocycles. The van der Waals surface area contributed by atoms with Gasteiger partial charge in [0, 0.05) is 53.2 Å². The Morgan fingerprint density at radius 2 is 1.75 bits per heavy atom. The van der Waals surface area contributed by atoms with Gasteiger partial charge >= 0.3 is 6.03 Å². The summed E-state index contributed by atoms with van der Waals surface area (Å²) in [5.41, 5.74) is 4.20. The minimum absolute atomic E-state index is 0.210. The zero-order valence-corrected chi connectivity index (χ0v) is 23.7. The van der Waals surface area contributed by atoms with Crippen molar-refractivity contribution in [1.82, 2.24) is 4.31 Å². The Morgan fingerprint density at radius 1 is 1.05 bits per heavy atom. The van der Waals surface area contributed by atoms with Crippen LogP contribution in [0.15, 0.2) is 103 Å². The van der Waals surface area contributed by atoms with Crippen molar-refractivity contribution >= 4 is 69.9 Å². The lowest BCUT2D eigenvalue weighted by molar-refractivity contribution is -0.121. The summed E-state index contributed by atoms with van der Waals surface area (Å²) in [6, 6.07) is 25.7. The van der Waals surface area contributed by atoms with Crippen LogP contribution in [0.4, 0.5) is 21.9 Å². The highest BCUT2D eigenvalue weighted by Gasteiger charge is 2.36. The number of carbonyl (C=O) groups is 2. The van der Waals surface area contributed by atoms with E-state index in [1.807, 2.05) is 85.7 Å². The van der Waals surface area contributed by atoms with Gasteiger partial charge in [0.05, 0.1) is 17.1 Å². The van der Waals surface area contributed by atoms with Gasteiger partial charge in [-0.05, 0) is 30.3 Å². The van der Waals surface area contributed by atoms with Crippen LogP contribution in [0.2, 0.25) is 5.02 Å². The summed E-state index contributed by atoms with van der Waals surface area (Å²) < 4.78 is 1.03. The number of aliphatic imine (C=N–C) groups is 1. The maximum Gasteiger partial charge on any atom is 0.334 e. The number of thiol groups is 1. The fourth-order valence-corrected chi connectivity index (χ4v) is 5.18. The van der Waals surface area contributed by atoms with Gasteiger partial charge in [0.15, 0.2) is 0 Å². The average Bonchev–Trinajstić information content (AvgIpc) is 3.07. The molecule has 4 aromatic carbocycles. The number of carbonyl (C=O) groups excluding carboxylic acids is 2. The van der Waals surface area contributed by atoms with Crippen LogP contribution < -0.4 is 15.1 Å². The highest BCUT2D eigenvalue weighted by atomic mass is 35.5. The van der Waals surface area contributed by atoms with Crippen molar-refractivity contribution in [3.8, 4) is 0 Å². The van der Waals surface area contributed by atoms with Crippen LogP contribution in [0.1, 0.15) is 11.1 Å². The smallest absolute Gasteiger partial charge is 0.334 e. The van der Waals surface area contributed by atoms with E-state index in [9.17, 15) is 9.59 Å². The van der Waals surface area contributed by atoms with Gasteiger partial charge in [-0.15, -0.1) is 6.58 Å². The number of nitrogens with zero attached hydrogens (tertiary/aromatic N) is 4. The fourth-order valence-electron chi connectivity index (χ4n) is 4.81. The first-order valence-electron chi connectivity index (χ1n) is 12.6. The lowest BCUT2D eigenvalue weighted by atomic mass is 10.00. The molecule has 0 spiro atoms. The molecule has 0 saturated heterocycles. The Bertz CT molecular complexity index is 1640.